The molecule has 0 aliphatic heterocycles. The van der Waals surface area contributed by atoms with E-state index in [9.17, 15) is 9.59 Å². The zero-order chi connectivity index (χ0) is 19.9. The molecule has 2 amide bonds. The van der Waals surface area contributed by atoms with Gasteiger partial charge in [0.05, 0.1) is 13.4 Å². The summed E-state index contributed by atoms with van der Waals surface area (Å²) in [6, 6.07) is 9.63. The number of rotatable bonds is 7. The summed E-state index contributed by atoms with van der Waals surface area (Å²) in [6.07, 6.45) is 2.58. The van der Waals surface area contributed by atoms with Crippen LogP contribution in [0.4, 0.5) is 17.3 Å². The molecule has 6 N–H and O–H groups in total. The van der Waals surface area contributed by atoms with E-state index in [0.717, 1.165) is 0 Å². The minimum atomic E-state index is -0.509. The highest BCUT2D eigenvalue weighted by atomic mass is 16.5. The number of anilines is 3. The molecule has 0 saturated carbocycles. The molecular formula is C17H17N7O4. The fourth-order valence-corrected chi connectivity index (χ4v) is 2.11. The number of methoxy groups -OCH3 is 1. The van der Waals surface area contributed by atoms with Crippen LogP contribution in [0.1, 0.15) is 20.9 Å². The molecule has 0 spiro atoms. The minimum absolute atomic E-state index is 0.0808. The predicted molar refractivity (Wildman–Crippen MR) is 100 cm³/mol. The maximum absolute atomic E-state index is 12.2. The van der Waals surface area contributed by atoms with Crippen molar-refractivity contribution in [3.63, 3.8) is 0 Å². The standard InChI is InChI=1S/C17H17N7O4/c1-27-11-6-4-10(5-7-11)16(25)23-21-14-13(18)15(20-9-19-14)22-24-17(26)12-3-2-8-28-12/h2-9H,18H2,1H3,(H,23,25)(H,24,26)(H2,19,20,21,22). The average molecular weight is 383 g/mol. The highest BCUT2D eigenvalue weighted by Gasteiger charge is 2.12. The van der Waals surface area contributed by atoms with E-state index in [1.807, 2.05) is 0 Å². The van der Waals surface area contributed by atoms with Crippen LogP contribution in [0.15, 0.2) is 53.4 Å². The number of carbonyl (C=O) groups excluding carboxylic acids is 2. The lowest BCUT2D eigenvalue weighted by atomic mass is 10.2. The van der Waals surface area contributed by atoms with E-state index in [-0.39, 0.29) is 23.1 Å². The van der Waals surface area contributed by atoms with Crippen molar-refractivity contribution in [3.05, 3.63) is 60.3 Å². The molecule has 11 heteroatoms. The molecule has 0 atom stereocenters. The second kappa shape index (κ2) is 8.40. The van der Waals surface area contributed by atoms with Gasteiger partial charge in [-0.05, 0) is 36.4 Å². The number of hydrogen-bond acceptors (Lipinski definition) is 9. The van der Waals surface area contributed by atoms with Crippen molar-refractivity contribution in [3.8, 4) is 5.75 Å². The smallest absolute Gasteiger partial charge is 0.305 e. The Balaban J connectivity index is 1.60. The Labute approximate surface area is 159 Å². The van der Waals surface area contributed by atoms with Gasteiger partial charge in [0.1, 0.15) is 17.8 Å². The SMILES string of the molecule is COc1ccc(C(=O)NNc2ncnc(NNC(=O)c3ccco3)c2N)cc1. The van der Waals surface area contributed by atoms with Crippen molar-refractivity contribution in [1.82, 2.24) is 20.8 Å². The lowest BCUT2D eigenvalue weighted by molar-refractivity contribution is 0.0933. The van der Waals surface area contributed by atoms with E-state index in [1.165, 1.54) is 25.8 Å². The molecule has 2 aromatic heterocycles. The Hall–Kier alpha value is -4.28. The molecule has 11 nitrogen and oxygen atoms in total. The van der Waals surface area contributed by atoms with Gasteiger partial charge in [0.25, 0.3) is 5.91 Å². The van der Waals surface area contributed by atoms with Crippen LogP contribution in [0.25, 0.3) is 0 Å². The van der Waals surface area contributed by atoms with E-state index < -0.39 is 11.8 Å². The number of ether oxygens (including phenoxy) is 1. The number of benzene rings is 1. The fourth-order valence-electron chi connectivity index (χ4n) is 2.11. The third kappa shape index (κ3) is 4.27. The third-order valence-electron chi connectivity index (χ3n) is 3.57. The van der Waals surface area contributed by atoms with E-state index >= 15 is 0 Å². The molecule has 0 aliphatic carbocycles. The number of amides is 2. The number of nitrogens with two attached hydrogens (primary N) is 1. The number of nitrogens with one attached hydrogen (secondary N) is 4. The Bertz CT molecular complexity index is 958. The second-order valence-electron chi connectivity index (χ2n) is 5.35. The minimum Gasteiger partial charge on any atom is -0.497 e. The largest absolute Gasteiger partial charge is 0.497 e. The van der Waals surface area contributed by atoms with E-state index in [0.29, 0.717) is 11.3 Å². The Morgan fingerprint density at radius 2 is 1.64 bits per heavy atom. The van der Waals surface area contributed by atoms with Crippen LogP contribution in [0, 0.1) is 0 Å². The van der Waals surface area contributed by atoms with Gasteiger partial charge in [-0.1, -0.05) is 0 Å². The Kier molecular flexibility index (Phi) is 5.55. The van der Waals surface area contributed by atoms with Crippen molar-refractivity contribution >= 4 is 29.1 Å². The van der Waals surface area contributed by atoms with E-state index in [1.54, 1.807) is 30.3 Å². The van der Waals surface area contributed by atoms with Gasteiger partial charge in [-0.15, -0.1) is 0 Å². The first-order valence-electron chi connectivity index (χ1n) is 7.99. The highest BCUT2D eigenvalue weighted by Crippen LogP contribution is 2.21. The van der Waals surface area contributed by atoms with Crippen LogP contribution in [0.5, 0.6) is 5.75 Å². The molecule has 0 aliphatic rings. The number of furan rings is 1. The van der Waals surface area contributed by atoms with Gasteiger partial charge in [-0.3, -0.25) is 31.3 Å². The molecule has 0 radical (unpaired) electrons. The molecule has 0 bridgehead atoms. The molecule has 3 rings (SSSR count). The lowest BCUT2D eigenvalue weighted by Crippen LogP contribution is -2.32. The maximum Gasteiger partial charge on any atom is 0.305 e. The number of carbonyl (C=O) groups is 2. The maximum atomic E-state index is 12.2. The quantitative estimate of drug-likeness (QED) is 0.378. The summed E-state index contributed by atoms with van der Waals surface area (Å²) in [7, 11) is 1.54. The van der Waals surface area contributed by atoms with Crippen molar-refractivity contribution in [2.75, 3.05) is 23.7 Å². The summed E-state index contributed by atoms with van der Waals surface area (Å²) in [6.45, 7) is 0. The predicted octanol–water partition coefficient (Wildman–Crippen LogP) is 1.17. The summed E-state index contributed by atoms with van der Waals surface area (Å²) < 4.78 is 10.0. The number of hydrazine groups is 2. The van der Waals surface area contributed by atoms with Crippen molar-refractivity contribution in [2.24, 2.45) is 0 Å². The average Bonchev–Trinajstić information content (AvgIpc) is 3.27. The van der Waals surface area contributed by atoms with Crippen LogP contribution in [-0.4, -0.2) is 28.9 Å². The first-order chi connectivity index (χ1) is 13.6. The topological polar surface area (TPSA) is 156 Å². The monoisotopic (exact) mass is 383 g/mol. The van der Waals surface area contributed by atoms with Gasteiger partial charge in [0.2, 0.25) is 0 Å². The normalized spacial score (nSPS) is 10.0. The molecule has 28 heavy (non-hydrogen) atoms. The van der Waals surface area contributed by atoms with Crippen LogP contribution in [0.2, 0.25) is 0 Å². The Morgan fingerprint density at radius 3 is 2.21 bits per heavy atom. The zero-order valence-corrected chi connectivity index (χ0v) is 14.7. The van der Waals surface area contributed by atoms with Crippen LogP contribution < -0.4 is 32.2 Å². The first-order valence-corrected chi connectivity index (χ1v) is 7.99. The summed E-state index contributed by atoms with van der Waals surface area (Å²) >= 11 is 0. The molecular weight excluding hydrogens is 366 g/mol. The van der Waals surface area contributed by atoms with Gasteiger partial charge >= 0.3 is 5.91 Å². The third-order valence-corrected chi connectivity index (χ3v) is 3.57. The van der Waals surface area contributed by atoms with Gasteiger partial charge in [0.15, 0.2) is 17.4 Å². The summed E-state index contributed by atoms with van der Waals surface area (Å²) in [5.74, 6) is 0.122. The molecule has 3 aromatic rings. The number of aromatic nitrogens is 2. The van der Waals surface area contributed by atoms with Crippen LogP contribution >= 0.6 is 0 Å². The summed E-state index contributed by atoms with van der Waals surface area (Å²) in [5.41, 5.74) is 16.5. The molecule has 2 heterocycles. The zero-order valence-electron chi connectivity index (χ0n) is 14.7. The van der Waals surface area contributed by atoms with Crippen molar-refractivity contribution in [1.29, 1.82) is 0 Å². The lowest BCUT2D eigenvalue weighted by Gasteiger charge is -2.13. The molecule has 144 valence electrons. The van der Waals surface area contributed by atoms with Gasteiger partial charge < -0.3 is 14.9 Å². The molecule has 0 saturated heterocycles. The van der Waals surface area contributed by atoms with E-state index in [4.69, 9.17) is 14.9 Å². The van der Waals surface area contributed by atoms with Gasteiger partial charge in [-0.25, -0.2) is 9.97 Å². The molecule has 0 unspecified atom stereocenters. The van der Waals surface area contributed by atoms with Gasteiger partial charge in [-0.2, -0.15) is 0 Å². The summed E-state index contributed by atoms with van der Waals surface area (Å²) in [5, 5.41) is 0. The summed E-state index contributed by atoms with van der Waals surface area (Å²) in [4.78, 5) is 31.9. The molecule has 0 fully saturated rings. The molecule has 1 aromatic carbocycles. The van der Waals surface area contributed by atoms with E-state index in [2.05, 4.69) is 31.7 Å². The van der Waals surface area contributed by atoms with Crippen molar-refractivity contribution < 1.29 is 18.7 Å². The number of hydrogen-bond donors (Lipinski definition) is 5. The number of nitrogens with zero attached hydrogens (tertiary/aromatic N) is 2. The van der Waals surface area contributed by atoms with Crippen molar-refractivity contribution in [2.45, 2.75) is 0 Å². The highest BCUT2D eigenvalue weighted by molar-refractivity contribution is 5.95. The first kappa shape index (κ1) is 18.5. The fraction of sp³-hybridized carbons (Fsp3) is 0.0588. The number of nitrogen functional groups attached to an aromatic ring is 1. The Morgan fingerprint density at radius 1 is 1.00 bits per heavy atom. The van der Waals surface area contributed by atoms with Crippen LogP contribution in [0.3, 0.4) is 0 Å². The second-order valence-corrected chi connectivity index (χ2v) is 5.35. The van der Waals surface area contributed by atoms with Gasteiger partial charge in [0, 0.05) is 5.56 Å². The van der Waals surface area contributed by atoms with Crippen LogP contribution in [-0.2, 0) is 0 Å².